The number of fused-ring (bicyclic) bond motifs is 3. The molecule has 3 aromatic rings. The van der Waals surface area contributed by atoms with E-state index in [9.17, 15) is 9.90 Å². The van der Waals surface area contributed by atoms with Gasteiger partial charge < -0.3 is 23.4 Å². The molecule has 0 aliphatic rings. The maximum Gasteiger partial charge on any atom is 0.205 e. The highest BCUT2D eigenvalue weighted by Gasteiger charge is 2.23. The molecule has 0 spiro atoms. The maximum atomic E-state index is 12.4. The molecule has 0 aliphatic heterocycles. The summed E-state index contributed by atoms with van der Waals surface area (Å²) in [7, 11) is 2.89. The van der Waals surface area contributed by atoms with Gasteiger partial charge in [-0.1, -0.05) is 0 Å². The Hall–Kier alpha value is -2.47. The van der Waals surface area contributed by atoms with E-state index in [1.807, 2.05) is 0 Å². The van der Waals surface area contributed by atoms with E-state index >= 15 is 0 Å². The highest BCUT2D eigenvalue weighted by molar-refractivity contribution is 6.08. The van der Waals surface area contributed by atoms with Crippen molar-refractivity contribution in [3.05, 3.63) is 34.4 Å². The molecule has 104 valence electrons. The maximum absolute atomic E-state index is 12.4. The first-order valence-electron chi connectivity index (χ1n) is 5.89. The Morgan fingerprint density at radius 3 is 2.55 bits per heavy atom. The van der Waals surface area contributed by atoms with Crippen LogP contribution in [0.1, 0.15) is 5.56 Å². The van der Waals surface area contributed by atoms with Crippen LogP contribution < -0.4 is 14.9 Å². The Kier molecular flexibility index (Phi) is 2.87. The molecule has 0 atom stereocenters. The standard InChI is InChI=1S/C14H12O6/c1-17-13-9-10(16)7(5-15)6-20-11(9)8-3-4-19-12(8)14(13)18-2/h3-4,6,15H,5H2,1-2H3. The molecule has 0 fully saturated rings. The van der Waals surface area contributed by atoms with Gasteiger partial charge in [0.15, 0.2) is 16.9 Å². The number of aliphatic hydroxyl groups is 1. The summed E-state index contributed by atoms with van der Waals surface area (Å²) in [5, 5.41) is 10.0. The molecule has 6 heteroatoms. The molecule has 1 N–H and O–H groups in total. The molecule has 0 amide bonds. The molecule has 3 rings (SSSR count). The van der Waals surface area contributed by atoms with Crippen molar-refractivity contribution in [3.8, 4) is 11.5 Å². The quantitative estimate of drug-likeness (QED) is 0.788. The normalized spacial score (nSPS) is 11.2. The van der Waals surface area contributed by atoms with Gasteiger partial charge in [-0.2, -0.15) is 0 Å². The summed E-state index contributed by atoms with van der Waals surface area (Å²) in [6.07, 6.45) is 2.72. The summed E-state index contributed by atoms with van der Waals surface area (Å²) in [5.41, 5.74) is 0.582. The number of methoxy groups -OCH3 is 2. The molecule has 0 unspecified atom stereocenters. The van der Waals surface area contributed by atoms with Gasteiger partial charge in [0, 0.05) is 0 Å². The number of hydrogen-bond acceptors (Lipinski definition) is 6. The smallest absolute Gasteiger partial charge is 0.205 e. The van der Waals surface area contributed by atoms with E-state index in [-0.39, 0.29) is 22.1 Å². The van der Waals surface area contributed by atoms with Gasteiger partial charge in [-0.25, -0.2) is 0 Å². The van der Waals surface area contributed by atoms with Crippen LogP contribution in [0.5, 0.6) is 11.5 Å². The molecule has 20 heavy (non-hydrogen) atoms. The van der Waals surface area contributed by atoms with E-state index in [1.165, 1.54) is 26.7 Å². The highest BCUT2D eigenvalue weighted by Crippen LogP contribution is 2.42. The van der Waals surface area contributed by atoms with Crippen LogP contribution in [-0.4, -0.2) is 19.3 Å². The van der Waals surface area contributed by atoms with Gasteiger partial charge in [-0.3, -0.25) is 4.79 Å². The topological polar surface area (TPSA) is 82.0 Å². The molecule has 0 saturated carbocycles. The summed E-state index contributed by atoms with van der Waals surface area (Å²) < 4.78 is 21.4. The van der Waals surface area contributed by atoms with Crippen LogP contribution in [0.4, 0.5) is 0 Å². The van der Waals surface area contributed by atoms with Crippen molar-refractivity contribution in [2.75, 3.05) is 14.2 Å². The second kappa shape index (κ2) is 4.57. The lowest BCUT2D eigenvalue weighted by atomic mass is 10.1. The number of aliphatic hydroxyl groups excluding tert-OH is 1. The third kappa shape index (κ3) is 1.51. The van der Waals surface area contributed by atoms with Gasteiger partial charge in [-0.15, -0.1) is 0 Å². The van der Waals surface area contributed by atoms with Crippen molar-refractivity contribution < 1.29 is 23.4 Å². The van der Waals surface area contributed by atoms with E-state index in [1.54, 1.807) is 6.07 Å². The van der Waals surface area contributed by atoms with Crippen molar-refractivity contribution in [1.82, 2.24) is 0 Å². The van der Waals surface area contributed by atoms with Crippen molar-refractivity contribution in [3.63, 3.8) is 0 Å². The largest absolute Gasteiger partial charge is 0.492 e. The molecular weight excluding hydrogens is 264 g/mol. The Morgan fingerprint density at radius 2 is 1.90 bits per heavy atom. The lowest BCUT2D eigenvalue weighted by Crippen LogP contribution is -2.10. The molecule has 0 aliphatic carbocycles. The van der Waals surface area contributed by atoms with E-state index in [0.717, 1.165) is 0 Å². The molecular formula is C14H12O6. The summed E-state index contributed by atoms with van der Waals surface area (Å²) in [6, 6.07) is 1.68. The van der Waals surface area contributed by atoms with Crippen LogP contribution in [0.3, 0.4) is 0 Å². The Labute approximate surface area is 113 Å². The zero-order valence-corrected chi connectivity index (χ0v) is 10.9. The number of hydrogen-bond donors (Lipinski definition) is 1. The Morgan fingerprint density at radius 1 is 1.15 bits per heavy atom. The van der Waals surface area contributed by atoms with Crippen LogP contribution in [-0.2, 0) is 6.61 Å². The zero-order chi connectivity index (χ0) is 14.3. The van der Waals surface area contributed by atoms with E-state index in [4.69, 9.17) is 18.3 Å². The van der Waals surface area contributed by atoms with Crippen molar-refractivity contribution in [2.24, 2.45) is 0 Å². The predicted molar refractivity (Wildman–Crippen MR) is 71.3 cm³/mol. The first-order chi connectivity index (χ1) is 9.72. The average molecular weight is 276 g/mol. The number of benzene rings is 1. The fourth-order valence-electron chi connectivity index (χ4n) is 2.28. The zero-order valence-electron chi connectivity index (χ0n) is 10.9. The SMILES string of the molecule is COc1c(OC)c2c(=O)c(CO)coc2c2ccoc12. The summed E-state index contributed by atoms with van der Waals surface area (Å²) in [6.45, 7) is -0.410. The lowest BCUT2D eigenvalue weighted by molar-refractivity contribution is 0.277. The molecule has 0 radical (unpaired) electrons. The average Bonchev–Trinajstić information content (AvgIpc) is 2.95. The Balaban J connectivity index is 2.63. The number of furan rings is 1. The van der Waals surface area contributed by atoms with Gasteiger partial charge in [0.2, 0.25) is 11.2 Å². The van der Waals surface area contributed by atoms with Crippen molar-refractivity contribution in [1.29, 1.82) is 0 Å². The predicted octanol–water partition coefficient (Wildman–Crippen LogP) is 2.05. The van der Waals surface area contributed by atoms with E-state index < -0.39 is 6.61 Å². The van der Waals surface area contributed by atoms with Crippen molar-refractivity contribution in [2.45, 2.75) is 6.61 Å². The third-order valence-corrected chi connectivity index (χ3v) is 3.19. The molecule has 2 heterocycles. The highest BCUT2D eigenvalue weighted by atomic mass is 16.5. The fraction of sp³-hybridized carbons (Fsp3) is 0.214. The minimum Gasteiger partial charge on any atom is -0.492 e. The van der Waals surface area contributed by atoms with Crippen molar-refractivity contribution >= 4 is 21.9 Å². The number of rotatable bonds is 3. The first kappa shape index (κ1) is 12.6. The second-order valence-electron chi connectivity index (χ2n) is 4.18. The first-order valence-corrected chi connectivity index (χ1v) is 5.89. The summed E-state index contributed by atoms with van der Waals surface area (Å²) in [4.78, 5) is 12.4. The van der Waals surface area contributed by atoms with Gasteiger partial charge in [0.05, 0.1) is 38.0 Å². The summed E-state index contributed by atoms with van der Waals surface area (Å²) >= 11 is 0. The van der Waals surface area contributed by atoms with Gasteiger partial charge in [0.1, 0.15) is 11.6 Å². The third-order valence-electron chi connectivity index (χ3n) is 3.19. The van der Waals surface area contributed by atoms with Gasteiger partial charge >= 0.3 is 0 Å². The van der Waals surface area contributed by atoms with Gasteiger partial charge in [-0.05, 0) is 6.07 Å². The molecule has 2 aromatic heterocycles. The van der Waals surface area contributed by atoms with Gasteiger partial charge in [0.25, 0.3) is 0 Å². The van der Waals surface area contributed by atoms with E-state index in [2.05, 4.69) is 0 Å². The molecule has 0 saturated heterocycles. The van der Waals surface area contributed by atoms with E-state index in [0.29, 0.717) is 22.3 Å². The minimum absolute atomic E-state index is 0.153. The number of ether oxygens (including phenoxy) is 2. The molecule has 0 bridgehead atoms. The fourth-order valence-corrected chi connectivity index (χ4v) is 2.28. The lowest BCUT2D eigenvalue weighted by Gasteiger charge is -2.11. The second-order valence-corrected chi connectivity index (χ2v) is 4.18. The van der Waals surface area contributed by atoms with Crippen LogP contribution in [0.25, 0.3) is 21.9 Å². The van der Waals surface area contributed by atoms with Crippen LogP contribution in [0, 0.1) is 0 Å². The Bertz CT molecular complexity index is 842. The monoisotopic (exact) mass is 276 g/mol. The van der Waals surface area contributed by atoms with Crippen LogP contribution in [0.2, 0.25) is 0 Å². The van der Waals surface area contributed by atoms with Crippen LogP contribution >= 0.6 is 0 Å². The summed E-state index contributed by atoms with van der Waals surface area (Å²) in [5.74, 6) is 0.552. The molecule has 1 aromatic carbocycles. The molecule has 6 nitrogen and oxygen atoms in total. The minimum atomic E-state index is -0.410. The van der Waals surface area contributed by atoms with Crippen LogP contribution in [0.15, 0.2) is 32.2 Å².